The molecule has 9 heavy (non-hydrogen) atoms. The van der Waals surface area contributed by atoms with Crippen molar-refractivity contribution in [1.29, 1.82) is 0 Å². The van der Waals surface area contributed by atoms with Crippen molar-refractivity contribution in [3.8, 4) is 0 Å². The first kappa shape index (κ1) is 8.54. The van der Waals surface area contributed by atoms with Crippen molar-refractivity contribution in [2.75, 3.05) is 0 Å². The molecule has 0 bridgehead atoms. The second-order valence-electron chi connectivity index (χ2n) is 0.937. The van der Waals surface area contributed by atoms with Crippen LogP contribution in [0.2, 0.25) is 0 Å². The van der Waals surface area contributed by atoms with Crippen LogP contribution in [0.5, 0.6) is 0 Å². The van der Waals surface area contributed by atoms with Gasteiger partial charge in [-0.1, -0.05) is 0 Å². The first-order valence-electron chi connectivity index (χ1n) is 1.56. The summed E-state index contributed by atoms with van der Waals surface area (Å²) in [5.41, 5.74) is 0. The largest absolute Gasteiger partial charge is 0.430 e. The van der Waals surface area contributed by atoms with Gasteiger partial charge in [-0.3, -0.25) is 4.89 Å². The lowest BCUT2D eigenvalue weighted by Crippen LogP contribution is -2.23. The Hall–Kier alpha value is -0.460. The summed E-state index contributed by atoms with van der Waals surface area (Å²) in [5, 5.41) is 7.01. The Morgan fingerprint density at radius 1 is 1.56 bits per heavy atom. The zero-order chi connectivity index (χ0) is 7.49. The Balaban J connectivity index is 3.74. The minimum atomic E-state index is -4.20. The number of rotatable bonds is 2. The molecule has 0 spiro atoms. The van der Waals surface area contributed by atoms with Crippen LogP contribution in [-0.4, -0.2) is 11.4 Å². The third-order valence-electron chi connectivity index (χ3n) is 0.341. The highest BCUT2D eigenvalue weighted by Crippen LogP contribution is 2.19. The second kappa shape index (κ2) is 2.90. The Labute approximate surface area is 52.8 Å². The van der Waals surface area contributed by atoms with Gasteiger partial charge in [-0.15, -0.1) is 0 Å². The minimum absolute atomic E-state index is 2.24. The van der Waals surface area contributed by atoms with Crippen molar-refractivity contribution in [3.05, 3.63) is 0 Å². The molecule has 0 fully saturated rings. The Bertz CT molecular complexity index is 110. The molecule has 0 N–H and O–H groups in total. The second-order valence-corrected chi connectivity index (χ2v) is 1.41. The van der Waals surface area contributed by atoms with E-state index in [0.29, 0.717) is 0 Å². The lowest BCUT2D eigenvalue weighted by Gasteiger charge is -2.00. The molecule has 0 atom stereocenters. The predicted octanol–water partition coefficient (Wildman–Crippen LogP) is 0.638. The zero-order valence-electron chi connectivity index (χ0n) is 3.77. The molecule has 0 aromatic carbocycles. The van der Waals surface area contributed by atoms with Gasteiger partial charge < -0.3 is 0 Å². The average Bonchev–Trinajstić information content (AvgIpc) is 1.64. The van der Waals surface area contributed by atoms with Crippen molar-refractivity contribution in [3.63, 3.8) is 0 Å². The number of hydrogen-bond donors (Lipinski definition) is 0. The Kier molecular flexibility index (Phi) is 2.75. The van der Waals surface area contributed by atoms with Crippen molar-refractivity contribution >= 4 is 17.6 Å². The molecule has 0 unspecified atom stereocenters. The van der Waals surface area contributed by atoms with E-state index in [1.54, 1.807) is 0 Å². The Morgan fingerprint density at radius 2 is 2.00 bits per heavy atom. The first-order valence-corrected chi connectivity index (χ1v) is 1.94. The molecule has 4 nitrogen and oxygen atoms in total. The van der Waals surface area contributed by atoms with Crippen molar-refractivity contribution in [1.82, 2.24) is 0 Å². The SMILES string of the molecule is [O]OOC(=O)C(F)(F)Cl. The van der Waals surface area contributed by atoms with Crippen molar-refractivity contribution in [2.24, 2.45) is 0 Å². The molecule has 0 aliphatic heterocycles. The van der Waals surface area contributed by atoms with Crippen LogP contribution in [0.25, 0.3) is 0 Å². The van der Waals surface area contributed by atoms with E-state index >= 15 is 0 Å². The molecule has 53 valence electrons. The number of alkyl halides is 3. The third kappa shape index (κ3) is 3.17. The van der Waals surface area contributed by atoms with E-state index in [9.17, 15) is 13.6 Å². The normalized spacial score (nSPS) is 11.1. The summed E-state index contributed by atoms with van der Waals surface area (Å²) in [6, 6.07) is 0. The maximum Gasteiger partial charge on any atom is 0.430 e. The van der Waals surface area contributed by atoms with E-state index in [0.717, 1.165) is 0 Å². The van der Waals surface area contributed by atoms with Gasteiger partial charge in [-0.2, -0.15) is 8.78 Å². The summed E-state index contributed by atoms with van der Waals surface area (Å²) < 4.78 is 22.7. The lowest BCUT2D eigenvalue weighted by molar-refractivity contribution is -0.503. The van der Waals surface area contributed by atoms with Crippen LogP contribution in [0, 0.1) is 0 Å². The fraction of sp³-hybridized carbons (Fsp3) is 0.500. The molecule has 0 aliphatic carbocycles. The van der Waals surface area contributed by atoms with E-state index in [4.69, 9.17) is 5.26 Å². The van der Waals surface area contributed by atoms with E-state index in [1.165, 1.54) is 0 Å². The van der Waals surface area contributed by atoms with E-state index < -0.39 is 11.4 Å². The van der Waals surface area contributed by atoms with Crippen LogP contribution < -0.4 is 0 Å². The fourth-order valence-corrected chi connectivity index (χ4v) is 0.110. The highest BCUT2D eigenvalue weighted by molar-refractivity contribution is 6.31. The molecular weight excluding hydrogens is 161 g/mol. The number of hydrogen-bond acceptors (Lipinski definition) is 3. The van der Waals surface area contributed by atoms with Crippen LogP contribution in [0.15, 0.2) is 0 Å². The van der Waals surface area contributed by atoms with Gasteiger partial charge in [0.05, 0.1) is 0 Å². The van der Waals surface area contributed by atoms with Gasteiger partial charge in [0, 0.05) is 10.3 Å². The predicted molar refractivity (Wildman–Crippen MR) is 18.7 cm³/mol. The van der Waals surface area contributed by atoms with Crippen LogP contribution in [0.3, 0.4) is 0 Å². The summed E-state index contributed by atoms with van der Waals surface area (Å²) in [6.45, 7) is 0. The van der Waals surface area contributed by atoms with Gasteiger partial charge in [0.15, 0.2) is 0 Å². The standard InChI is InChI=1S/C2ClF2O4/c3-2(4,5)1(6)8-9-7. The first-order chi connectivity index (χ1) is 3.98. The monoisotopic (exact) mass is 161 g/mol. The maximum atomic E-state index is 11.4. The molecular formula is C2ClF2O4. The van der Waals surface area contributed by atoms with Crippen LogP contribution in [0.4, 0.5) is 8.78 Å². The lowest BCUT2D eigenvalue weighted by atomic mass is 10.7. The zero-order valence-corrected chi connectivity index (χ0v) is 4.52. The smallest absolute Gasteiger partial charge is 0.258 e. The molecule has 0 aromatic heterocycles. The summed E-state index contributed by atoms with van der Waals surface area (Å²) in [5.74, 6) is -2.24. The molecule has 0 rings (SSSR count). The van der Waals surface area contributed by atoms with Gasteiger partial charge in [-0.25, -0.2) is 4.79 Å². The molecule has 0 aliphatic rings. The highest BCUT2D eigenvalue weighted by atomic mass is 35.5. The molecule has 0 aromatic rings. The fourth-order valence-electron chi connectivity index (χ4n) is 0.0781. The summed E-state index contributed by atoms with van der Waals surface area (Å²) >= 11 is 4.04. The number of carbonyl (C=O) groups is 1. The molecule has 0 amide bonds. The molecule has 1 radical (unpaired) electrons. The van der Waals surface area contributed by atoms with Crippen LogP contribution in [-0.2, 0) is 20.0 Å². The van der Waals surface area contributed by atoms with Crippen molar-refractivity contribution < 1.29 is 28.8 Å². The summed E-state index contributed by atoms with van der Waals surface area (Å²) in [6.07, 6.45) is 0. The molecule has 0 saturated carbocycles. The topological polar surface area (TPSA) is 55.4 Å². The Morgan fingerprint density at radius 3 is 2.11 bits per heavy atom. The average molecular weight is 161 g/mol. The van der Waals surface area contributed by atoms with Crippen LogP contribution >= 0.6 is 11.6 Å². The van der Waals surface area contributed by atoms with Gasteiger partial charge >= 0.3 is 11.4 Å². The van der Waals surface area contributed by atoms with Crippen LogP contribution in [0.1, 0.15) is 0 Å². The van der Waals surface area contributed by atoms with Gasteiger partial charge in [-0.05, 0) is 11.6 Å². The van der Waals surface area contributed by atoms with E-state index in [2.05, 4.69) is 21.5 Å². The van der Waals surface area contributed by atoms with E-state index in [-0.39, 0.29) is 0 Å². The number of halogens is 3. The molecule has 0 heterocycles. The summed E-state index contributed by atoms with van der Waals surface area (Å²) in [7, 11) is 0. The minimum Gasteiger partial charge on any atom is -0.258 e. The maximum absolute atomic E-state index is 11.4. The van der Waals surface area contributed by atoms with E-state index in [1.807, 2.05) is 0 Å². The quantitative estimate of drug-likeness (QED) is 0.339. The van der Waals surface area contributed by atoms with Gasteiger partial charge in [0.2, 0.25) is 0 Å². The third-order valence-corrected chi connectivity index (χ3v) is 0.495. The molecule has 7 heteroatoms. The highest BCUT2D eigenvalue weighted by Gasteiger charge is 2.39. The summed E-state index contributed by atoms with van der Waals surface area (Å²) in [4.78, 5) is 12.5. The van der Waals surface area contributed by atoms with Crippen molar-refractivity contribution in [2.45, 2.75) is 5.38 Å². The van der Waals surface area contributed by atoms with Gasteiger partial charge in [0.1, 0.15) is 0 Å². The molecule has 0 saturated heterocycles. The van der Waals surface area contributed by atoms with Gasteiger partial charge in [0.25, 0.3) is 0 Å². The number of carbonyl (C=O) groups excluding carboxylic acids is 1.